The summed E-state index contributed by atoms with van der Waals surface area (Å²) in [7, 11) is 8.93. The molecular formula is C22H26BrN3O3. The van der Waals surface area contributed by atoms with E-state index in [9.17, 15) is 0 Å². The molecule has 1 atom stereocenters. The van der Waals surface area contributed by atoms with E-state index in [1.807, 2.05) is 37.2 Å². The van der Waals surface area contributed by atoms with Crippen molar-refractivity contribution in [2.45, 2.75) is 12.3 Å². The molecule has 0 spiro atoms. The number of ether oxygens (including phenoxy) is 3. The van der Waals surface area contributed by atoms with Crippen LogP contribution >= 0.6 is 15.9 Å². The predicted octanol–water partition coefficient (Wildman–Crippen LogP) is 4.10. The number of allylic oxidation sites excluding steroid dienone is 1. The molecule has 1 heterocycles. The van der Waals surface area contributed by atoms with Crippen LogP contribution in [-0.2, 0) is 5.41 Å². The van der Waals surface area contributed by atoms with Gasteiger partial charge in [0.15, 0.2) is 17.4 Å². The molecule has 0 fully saturated rings. The smallest absolute Gasteiger partial charge is 0.196 e. The van der Waals surface area contributed by atoms with Crippen LogP contribution in [0.4, 0.5) is 5.69 Å². The van der Waals surface area contributed by atoms with E-state index in [4.69, 9.17) is 19.9 Å². The number of fused-ring (bicyclic) bond motifs is 1. The SMILES string of the molecule is CN=CC1=C(N)Oc2cc(N(C)C)ccc2C1(C)c1cc(Br)c(OC)c(OC)c1. The molecule has 0 bridgehead atoms. The lowest BCUT2D eigenvalue weighted by atomic mass is 9.69. The topological polar surface area (TPSA) is 69.3 Å². The Morgan fingerprint density at radius 1 is 1.17 bits per heavy atom. The highest BCUT2D eigenvalue weighted by atomic mass is 79.9. The average molecular weight is 460 g/mol. The number of rotatable bonds is 5. The molecule has 0 saturated carbocycles. The van der Waals surface area contributed by atoms with Gasteiger partial charge in [0.1, 0.15) is 5.75 Å². The number of anilines is 1. The minimum absolute atomic E-state index is 0.326. The van der Waals surface area contributed by atoms with Gasteiger partial charge in [0.2, 0.25) is 0 Å². The Balaban J connectivity index is 2.34. The molecule has 2 aromatic rings. The van der Waals surface area contributed by atoms with Crippen LogP contribution in [0, 0.1) is 0 Å². The van der Waals surface area contributed by atoms with Gasteiger partial charge < -0.3 is 24.8 Å². The van der Waals surface area contributed by atoms with Crippen LogP contribution in [0.5, 0.6) is 17.2 Å². The summed E-state index contributed by atoms with van der Waals surface area (Å²) in [6, 6.07) is 10.1. The van der Waals surface area contributed by atoms with Gasteiger partial charge in [0.05, 0.1) is 24.1 Å². The summed E-state index contributed by atoms with van der Waals surface area (Å²) in [6.45, 7) is 2.11. The molecule has 2 N–H and O–H groups in total. The maximum Gasteiger partial charge on any atom is 0.196 e. The van der Waals surface area contributed by atoms with E-state index in [0.29, 0.717) is 17.4 Å². The van der Waals surface area contributed by atoms with Crippen LogP contribution in [0.2, 0.25) is 0 Å². The largest absolute Gasteiger partial charge is 0.493 e. The van der Waals surface area contributed by atoms with Crippen molar-refractivity contribution in [2.75, 3.05) is 40.3 Å². The van der Waals surface area contributed by atoms with E-state index >= 15 is 0 Å². The Hall–Kier alpha value is -2.67. The lowest BCUT2D eigenvalue weighted by molar-refractivity contribution is 0.350. The van der Waals surface area contributed by atoms with Crippen molar-refractivity contribution in [3.8, 4) is 17.2 Å². The number of methoxy groups -OCH3 is 2. The van der Waals surface area contributed by atoms with Gasteiger partial charge in [-0.2, -0.15) is 0 Å². The van der Waals surface area contributed by atoms with E-state index in [1.165, 1.54) is 0 Å². The maximum atomic E-state index is 6.37. The highest BCUT2D eigenvalue weighted by molar-refractivity contribution is 9.10. The molecule has 1 aliphatic rings. The zero-order valence-electron chi connectivity index (χ0n) is 17.5. The Morgan fingerprint density at radius 2 is 1.90 bits per heavy atom. The summed E-state index contributed by atoms with van der Waals surface area (Å²) >= 11 is 3.61. The molecule has 29 heavy (non-hydrogen) atoms. The monoisotopic (exact) mass is 459 g/mol. The Bertz CT molecular complexity index is 1000. The molecule has 0 aromatic heterocycles. The predicted molar refractivity (Wildman–Crippen MR) is 121 cm³/mol. The van der Waals surface area contributed by atoms with E-state index in [-0.39, 0.29) is 0 Å². The van der Waals surface area contributed by atoms with Crippen molar-refractivity contribution in [3.05, 3.63) is 57.4 Å². The van der Waals surface area contributed by atoms with Crippen LogP contribution in [-0.4, -0.2) is 41.6 Å². The second kappa shape index (κ2) is 7.99. The lowest BCUT2D eigenvalue weighted by Gasteiger charge is -2.38. The zero-order valence-corrected chi connectivity index (χ0v) is 19.1. The third-order valence-electron chi connectivity index (χ3n) is 5.31. The molecular weight excluding hydrogens is 434 g/mol. The van der Waals surface area contributed by atoms with Crippen molar-refractivity contribution in [1.82, 2.24) is 0 Å². The molecule has 3 rings (SSSR count). The normalized spacial score (nSPS) is 18.4. The fourth-order valence-corrected chi connectivity index (χ4v) is 4.29. The van der Waals surface area contributed by atoms with Crippen LogP contribution in [0.25, 0.3) is 0 Å². The Kier molecular flexibility index (Phi) is 5.80. The molecule has 7 heteroatoms. The van der Waals surface area contributed by atoms with Crippen LogP contribution < -0.4 is 24.8 Å². The van der Waals surface area contributed by atoms with Crippen molar-refractivity contribution in [3.63, 3.8) is 0 Å². The van der Waals surface area contributed by atoms with Crippen molar-refractivity contribution >= 4 is 27.8 Å². The number of nitrogens with zero attached hydrogens (tertiary/aromatic N) is 2. The van der Waals surface area contributed by atoms with E-state index in [1.54, 1.807) is 27.5 Å². The van der Waals surface area contributed by atoms with Gasteiger partial charge in [-0.05, 0) is 46.6 Å². The van der Waals surface area contributed by atoms with Gasteiger partial charge in [-0.25, -0.2) is 0 Å². The third kappa shape index (κ3) is 3.44. The van der Waals surface area contributed by atoms with E-state index in [2.05, 4.69) is 40.0 Å². The average Bonchev–Trinajstić information content (AvgIpc) is 2.69. The molecule has 154 valence electrons. The van der Waals surface area contributed by atoms with Gasteiger partial charge in [0.25, 0.3) is 0 Å². The van der Waals surface area contributed by atoms with Crippen LogP contribution in [0.15, 0.2) is 51.3 Å². The molecule has 1 unspecified atom stereocenters. The Labute approximate surface area is 180 Å². The fourth-order valence-electron chi connectivity index (χ4n) is 3.69. The molecule has 0 aliphatic carbocycles. The fraction of sp³-hybridized carbons (Fsp3) is 0.318. The van der Waals surface area contributed by atoms with Gasteiger partial charge >= 0.3 is 0 Å². The summed E-state index contributed by atoms with van der Waals surface area (Å²) < 4.78 is 17.9. The second-order valence-corrected chi connectivity index (χ2v) is 8.02. The van der Waals surface area contributed by atoms with Crippen LogP contribution in [0.3, 0.4) is 0 Å². The number of hydrogen-bond donors (Lipinski definition) is 1. The summed E-state index contributed by atoms with van der Waals surface area (Å²) in [6.07, 6.45) is 1.75. The first-order chi connectivity index (χ1) is 13.8. The molecule has 2 aromatic carbocycles. The van der Waals surface area contributed by atoms with E-state index < -0.39 is 5.41 Å². The standard InChI is InChI=1S/C22H26BrN3O3/c1-22(13-9-17(23)20(28-6)19(10-13)27-5)15-8-7-14(26(3)4)11-18(15)29-21(24)16(22)12-25-2/h7-12H,24H2,1-6H3. The number of halogens is 1. The summed E-state index contributed by atoms with van der Waals surface area (Å²) in [5.41, 5.74) is 9.54. The summed E-state index contributed by atoms with van der Waals surface area (Å²) in [5.74, 6) is 2.31. The summed E-state index contributed by atoms with van der Waals surface area (Å²) in [4.78, 5) is 6.25. The van der Waals surface area contributed by atoms with Crippen LogP contribution in [0.1, 0.15) is 18.1 Å². The number of aliphatic imine (C=N–C) groups is 1. The Morgan fingerprint density at radius 3 is 2.48 bits per heavy atom. The molecule has 6 nitrogen and oxygen atoms in total. The van der Waals surface area contributed by atoms with Crippen molar-refractivity contribution < 1.29 is 14.2 Å². The van der Waals surface area contributed by atoms with Crippen molar-refractivity contribution in [2.24, 2.45) is 10.7 Å². The molecule has 0 radical (unpaired) electrons. The third-order valence-corrected chi connectivity index (χ3v) is 5.90. The quantitative estimate of drug-likeness (QED) is 0.681. The number of nitrogens with two attached hydrogens (primary N) is 1. The zero-order chi connectivity index (χ0) is 21.3. The first-order valence-electron chi connectivity index (χ1n) is 9.12. The van der Waals surface area contributed by atoms with Crippen molar-refractivity contribution in [1.29, 1.82) is 0 Å². The second-order valence-electron chi connectivity index (χ2n) is 7.16. The molecule has 1 aliphatic heterocycles. The van der Waals surface area contributed by atoms with Gasteiger partial charge in [-0.15, -0.1) is 0 Å². The van der Waals surface area contributed by atoms with E-state index in [0.717, 1.165) is 32.6 Å². The molecule has 0 amide bonds. The summed E-state index contributed by atoms with van der Waals surface area (Å²) in [5, 5.41) is 0. The minimum Gasteiger partial charge on any atom is -0.493 e. The van der Waals surface area contributed by atoms with Gasteiger partial charge in [0, 0.05) is 50.2 Å². The first-order valence-corrected chi connectivity index (χ1v) is 9.91. The first kappa shape index (κ1) is 21.0. The highest BCUT2D eigenvalue weighted by Gasteiger charge is 2.41. The lowest BCUT2D eigenvalue weighted by Crippen LogP contribution is -2.35. The van der Waals surface area contributed by atoms with Gasteiger partial charge in [-0.1, -0.05) is 6.07 Å². The minimum atomic E-state index is -0.607. The maximum absolute atomic E-state index is 6.37. The number of benzene rings is 2. The number of hydrogen-bond acceptors (Lipinski definition) is 6. The molecule has 0 saturated heterocycles. The highest BCUT2D eigenvalue weighted by Crippen LogP contribution is 2.50. The van der Waals surface area contributed by atoms with Gasteiger partial charge in [-0.3, -0.25) is 4.99 Å².